The van der Waals surface area contributed by atoms with Crippen LogP contribution in [0.4, 0.5) is 0 Å². The molecule has 0 aliphatic rings. The minimum absolute atomic E-state index is 0.423. The highest BCUT2D eigenvalue weighted by molar-refractivity contribution is 7.71. The molecule has 3 rings (SSSR count). The van der Waals surface area contributed by atoms with Gasteiger partial charge in [-0.2, -0.15) is 0 Å². The van der Waals surface area contributed by atoms with Crippen molar-refractivity contribution >= 4 is 29.1 Å². The van der Waals surface area contributed by atoms with Crippen LogP contribution in [0.15, 0.2) is 34.7 Å². The molecule has 5 nitrogen and oxygen atoms in total. The molecule has 0 radical (unpaired) electrons. The highest BCUT2D eigenvalue weighted by atomic mass is 32.1. The van der Waals surface area contributed by atoms with Gasteiger partial charge in [0.15, 0.2) is 0 Å². The Bertz CT molecular complexity index is 1070. The standard InChI is InChI=1S/C21H25N3O2S/c1-5-17-16(15-8-6-7-9-18(15)26-17)11-23(4)12-24-14(3)10-13(2)19(20(22)25)21(24)27/h6-10H,5,11-12H2,1-4H3,(H2,22,25). The zero-order valence-corrected chi connectivity index (χ0v) is 17.0. The van der Waals surface area contributed by atoms with Crippen LogP contribution in [0, 0.1) is 18.5 Å². The van der Waals surface area contributed by atoms with Gasteiger partial charge in [0.25, 0.3) is 5.91 Å². The van der Waals surface area contributed by atoms with Crippen molar-refractivity contribution < 1.29 is 9.21 Å². The van der Waals surface area contributed by atoms with Gasteiger partial charge in [0.1, 0.15) is 16.0 Å². The molecule has 0 aliphatic heterocycles. The molecule has 2 N–H and O–H groups in total. The zero-order chi connectivity index (χ0) is 19.7. The summed E-state index contributed by atoms with van der Waals surface area (Å²) >= 11 is 5.55. The summed E-state index contributed by atoms with van der Waals surface area (Å²) in [6.45, 7) is 7.24. The number of hydrogen-bond acceptors (Lipinski definition) is 4. The summed E-state index contributed by atoms with van der Waals surface area (Å²) in [6.07, 6.45) is 0.840. The van der Waals surface area contributed by atoms with Gasteiger partial charge in [-0.15, -0.1) is 0 Å². The summed E-state index contributed by atoms with van der Waals surface area (Å²) in [5.41, 5.74) is 9.88. The number of carbonyl (C=O) groups excluding carboxylic acids is 1. The predicted molar refractivity (Wildman–Crippen MR) is 110 cm³/mol. The van der Waals surface area contributed by atoms with Gasteiger partial charge in [0.05, 0.1) is 12.2 Å². The Hall–Kier alpha value is -2.44. The minimum atomic E-state index is -0.483. The van der Waals surface area contributed by atoms with E-state index in [9.17, 15) is 4.79 Å². The molecule has 0 aliphatic carbocycles. The summed E-state index contributed by atoms with van der Waals surface area (Å²) in [7, 11) is 2.03. The largest absolute Gasteiger partial charge is 0.461 e. The first-order chi connectivity index (χ1) is 12.8. The molecule has 27 heavy (non-hydrogen) atoms. The molecule has 2 heterocycles. The molecule has 0 fully saturated rings. The minimum Gasteiger partial charge on any atom is -0.461 e. The normalized spacial score (nSPS) is 11.4. The molecular weight excluding hydrogens is 358 g/mol. The molecule has 2 aromatic heterocycles. The number of benzene rings is 1. The third-order valence-corrected chi connectivity index (χ3v) is 5.29. The van der Waals surface area contributed by atoms with Gasteiger partial charge in [-0.1, -0.05) is 37.3 Å². The van der Waals surface area contributed by atoms with Crippen LogP contribution in [0.1, 0.15) is 39.9 Å². The lowest BCUT2D eigenvalue weighted by Crippen LogP contribution is -2.26. The van der Waals surface area contributed by atoms with E-state index in [-0.39, 0.29) is 0 Å². The SMILES string of the molecule is CCc1oc2ccccc2c1CN(C)Cn1c(C)cc(C)c(C(N)=O)c1=S. The Morgan fingerprint density at radius 3 is 2.67 bits per heavy atom. The van der Waals surface area contributed by atoms with Crippen molar-refractivity contribution in [2.24, 2.45) is 5.73 Å². The lowest BCUT2D eigenvalue weighted by Gasteiger charge is -2.22. The molecular formula is C21H25N3O2S. The maximum absolute atomic E-state index is 11.8. The van der Waals surface area contributed by atoms with Crippen molar-refractivity contribution in [3.8, 4) is 0 Å². The maximum Gasteiger partial charge on any atom is 0.251 e. The number of fused-ring (bicyclic) bond motifs is 1. The first-order valence-electron chi connectivity index (χ1n) is 9.02. The van der Waals surface area contributed by atoms with E-state index in [1.165, 1.54) is 5.56 Å². The third kappa shape index (κ3) is 3.68. The lowest BCUT2D eigenvalue weighted by molar-refractivity contribution is 0.0998. The highest BCUT2D eigenvalue weighted by Crippen LogP contribution is 2.27. The van der Waals surface area contributed by atoms with E-state index in [1.807, 2.05) is 49.7 Å². The van der Waals surface area contributed by atoms with Crippen molar-refractivity contribution in [1.82, 2.24) is 9.47 Å². The number of furan rings is 1. The number of aryl methyl sites for hydroxylation is 3. The van der Waals surface area contributed by atoms with Gasteiger partial charge in [-0.3, -0.25) is 9.69 Å². The van der Waals surface area contributed by atoms with Gasteiger partial charge in [0, 0.05) is 29.6 Å². The first kappa shape index (κ1) is 19.3. The smallest absolute Gasteiger partial charge is 0.251 e. The molecule has 0 atom stereocenters. The van der Waals surface area contributed by atoms with Crippen LogP contribution < -0.4 is 5.73 Å². The number of hydrogen-bond donors (Lipinski definition) is 1. The van der Waals surface area contributed by atoms with E-state index in [0.717, 1.165) is 41.0 Å². The number of pyridine rings is 1. The molecule has 6 heteroatoms. The number of primary amides is 1. The molecule has 0 bridgehead atoms. The van der Waals surface area contributed by atoms with E-state index in [4.69, 9.17) is 22.4 Å². The molecule has 142 valence electrons. The second-order valence-corrected chi connectivity index (χ2v) is 7.34. The van der Waals surface area contributed by atoms with Crippen LogP contribution in [0.2, 0.25) is 0 Å². The summed E-state index contributed by atoms with van der Waals surface area (Å²) in [4.78, 5) is 14.0. The van der Waals surface area contributed by atoms with E-state index in [1.54, 1.807) is 0 Å². The van der Waals surface area contributed by atoms with Crippen LogP contribution in [0.25, 0.3) is 11.0 Å². The number of amides is 1. The lowest BCUT2D eigenvalue weighted by atomic mass is 10.1. The first-order valence-corrected chi connectivity index (χ1v) is 9.43. The monoisotopic (exact) mass is 383 g/mol. The average Bonchev–Trinajstić information content (AvgIpc) is 2.96. The maximum atomic E-state index is 11.8. The third-order valence-electron chi connectivity index (χ3n) is 4.86. The molecule has 1 aromatic carbocycles. The van der Waals surface area contributed by atoms with Gasteiger partial charge < -0.3 is 14.7 Å². The van der Waals surface area contributed by atoms with Gasteiger partial charge in [-0.05, 0) is 38.6 Å². The van der Waals surface area contributed by atoms with Gasteiger partial charge in [-0.25, -0.2) is 0 Å². The average molecular weight is 384 g/mol. The molecule has 0 saturated carbocycles. The van der Waals surface area contributed by atoms with Crippen LogP contribution in [0.5, 0.6) is 0 Å². The highest BCUT2D eigenvalue weighted by Gasteiger charge is 2.16. The Balaban J connectivity index is 1.94. The number of nitrogens with zero attached hydrogens (tertiary/aromatic N) is 2. The van der Waals surface area contributed by atoms with Crippen LogP contribution in [-0.4, -0.2) is 22.4 Å². The van der Waals surface area contributed by atoms with Crippen molar-refractivity contribution in [2.75, 3.05) is 7.05 Å². The van der Waals surface area contributed by atoms with Crippen LogP contribution in [0.3, 0.4) is 0 Å². The van der Waals surface area contributed by atoms with E-state index < -0.39 is 5.91 Å². The summed E-state index contributed by atoms with van der Waals surface area (Å²) in [6, 6.07) is 10.1. The second kappa shape index (κ2) is 7.66. The summed E-state index contributed by atoms with van der Waals surface area (Å²) in [5.74, 6) is 0.521. The Morgan fingerprint density at radius 1 is 1.30 bits per heavy atom. The topological polar surface area (TPSA) is 64.4 Å². The van der Waals surface area contributed by atoms with Crippen LogP contribution in [-0.2, 0) is 19.6 Å². The van der Waals surface area contributed by atoms with Crippen LogP contribution >= 0.6 is 12.2 Å². The molecule has 0 saturated heterocycles. The molecule has 0 spiro atoms. The summed E-state index contributed by atoms with van der Waals surface area (Å²) in [5, 5.41) is 1.14. The van der Waals surface area contributed by atoms with Crippen molar-refractivity contribution in [2.45, 2.75) is 40.4 Å². The quantitative estimate of drug-likeness (QED) is 0.644. The zero-order valence-electron chi connectivity index (χ0n) is 16.2. The van der Waals surface area contributed by atoms with Gasteiger partial charge >= 0.3 is 0 Å². The fourth-order valence-corrected chi connectivity index (χ4v) is 4.04. The molecule has 1 amide bonds. The van der Waals surface area contributed by atoms with Crippen molar-refractivity contribution in [3.63, 3.8) is 0 Å². The number of rotatable bonds is 6. The molecule has 0 unspecified atom stereocenters. The number of aromatic nitrogens is 1. The number of carbonyl (C=O) groups is 1. The summed E-state index contributed by atoms with van der Waals surface area (Å²) < 4.78 is 8.44. The number of nitrogens with two attached hydrogens (primary N) is 1. The second-order valence-electron chi connectivity index (χ2n) is 6.95. The fraction of sp³-hybridized carbons (Fsp3) is 0.333. The number of para-hydroxylation sites is 1. The predicted octanol–water partition coefficient (Wildman–Crippen LogP) is 4.33. The van der Waals surface area contributed by atoms with E-state index >= 15 is 0 Å². The Kier molecular flexibility index (Phi) is 5.48. The van der Waals surface area contributed by atoms with E-state index in [2.05, 4.69) is 17.9 Å². The van der Waals surface area contributed by atoms with Gasteiger partial charge in [0.2, 0.25) is 0 Å². The Morgan fingerprint density at radius 2 is 2.00 bits per heavy atom. The Labute approximate surface area is 164 Å². The van der Waals surface area contributed by atoms with Crippen molar-refractivity contribution in [1.29, 1.82) is 0 Å². The molecule has 3 aromatic rings. The fourth-order valence-electron chi connectivity index (χ4n) is 3.57. The van der Waals surface area contributed by atoms with Crippen molar-refractivity contribution in [3.05, 3.63) is 63.1 Å². The van der Waals surface area contributed by atoms with E-state index in [0.29, 0.717) is 16.9 Å².